The Bertz CT molecular complexity index is 320. The molecule has 1 rings (SSSR count). The van der Waals surface area contributed by atoms with Crippen molar-refractivity contribution < 1.29 is 0 Å². The zero-order chi connectivity index (χ0) is 11.1. The summed E-state index contributed by atoms with van der Waals surface area (Å²) in [6, 6.07) is 8.42. The first-order valence-corrected chi connectivity index (χ1v) is 5.16. The van der Waals surface area contributed by atoms with E-state index in [4.69, 9.17) is 11.1 Å². The Hall–Kier alpha value is -1.51. The van der Waals surface area contributed by atoms with Gasteiger partial charge in [-0.05, 0) is 31.7 Å². The molecule has 0 aliphatic carbocycles. The molecule has 3 nitrogen and oxygen atoms in total. The molecule has 0 amide bonds. The van der Waals surface area contributed by atoms with Crippen LogP contribution in [0, 0.1) is 18.8 Å². The Morgan fingerprint density at radius 1 is 1.53 bits per heavy atom. The Morgan fingerprint density at radius 3 is 3.00 bits per heavy atom. The van der Waals surface area contributed by atoms with E-state index >= 15 is 0 Å². The lowest BCUT2D eigenvalue weighted by Gasteiger charge is -2.04. The van der Waals surface area contributed by atoms with Crippen LogP contribution in [-0.2, 0) is 0 Å². The molecule has 0 unspecified atom stereocenters. The summed E-state index contributed by atoms with van der Waals surface area (Å²) < 4.78 is 0. The van der Waals surface area contributed by atoms with E-state index in [0.29, 0.717) is 0 Å². The fourth-order valence-electron chi connectivity index (χ4n) is 1.39. The molecule has 0 heterocycles. The van der Waals surface area contributed by atoms with Crippen LogP contribution in [0.1, 0.15) is 24.0 Å². The molecule has 4 N–H and O–H groups in total. The summed E-state index contributed by atoms with van der Waals surface area (Å²) in [5.41, 5.74) is 7.71. The van der Waals surface area contributed by atoms with Crippen molar-refractivity contribution in [1.29, 1.82) is 5.41 Å². The van der Waals surface area contributed by atoms with Gasteiger partial charge in [-0.3, -0.25) is 5.41 Å². The summed E-state index contributed by atoms with van der Waals surface area (Å²) in [7, 11) is 0. The lowest BCUT2D eigenvalue weighted by molar-refractivity contribution is 0.764. The third-order valence-electron chi connectivity index (χ3n) is 2.12. The fraction of sp³-hybridized carbons (Fsp3) is 0.333. The maximum atomic E-state index is 6.98. The van der Waals surface area contributed by atoms with Crippen LogP contribution in [0.25, 0.3) is 0 Å². The lowest BCUT2D eigenvalue weighted by Crippen LogP contribution is -2.30. The third-order valence-corrected chi connectivity index (χ3v) is 2.12. The average molecular weight is 204 g/mol. The van der Waals surface area contributed by atoms with E-state index in [1.54, 1.807) is 0 Å². The maximum absolute atomic E-state index is 6.98. The Labute approximate surface area is 91.2 Å². The van der Waals surface area contributed by atoms with Crippen molar-refractivity contribution in [2.75, 3.05) is 6.54 Å². The Kier molecular flexibility index (Phi) is 4.68. The van der Waals surface area contributed by atoms with Crippen LogP contribution < -0.4 is 11.1 Å². The van der Waals surface area contributed by atoms with E-state index in [-0.39, 0.29) is 5.96 Å². The molecule has 1 aromatic rings. The van der Waals surface area contributed by atoms with Crippen molar-refractivity contribution >= 4 is 5.96 Å². The van der Waals surface area contributed by atoms with E-state index in [2.05, 4.69) is 42.9 Å². The highest BCUT2D eigenvalue weighted by atomic mass is 15.0. The van der Waals surface area contributed by atoms with Gasteiger partial charge in [-0.2, -0.15) is 0 Å². The van der Waals surface area contributed by atoms with Gasteiger partial charge >= 0.3 is 0 Å². The van der Waals surface area contributed by atoms with Gasteiger partial charge in [0, 0.05) is 6.54 Å². The van der Waals surface area contributed by atoms with Crippen molar-refractivity contribution in [1.82, 2.24) is 5.32 Å². The first-order chi connectivity index (χ1) is 7.18. The predicted molar refractivity (Wildman–Crippen MR) is 63.7 cm³/mol. The topological polar surface area (TPSA) is 61.9 Å². The Morgan fingerprint density at radius 2 is 2.33 bits per heavy atom. The van der Waals surface area contributed by atoms with E-state index in [1.165, 1.54) is 11.1 Å². The molecule has 0 aliphatic heterocycles. The average Bonchev–Trinajstić information content (AvgIpc) is 2.17. The number of hydrogen-bond donors (Lipinski definition) is 3. The molecule has 0 saturated heterocycles. The third kappa shape index (κ3) is 5.05. The quantitative estimate of drug-likeness (QED) is 0.389. The molecule has 81 valence electrons. The van der Waals surface area contributed by atoms with Crippen molar-refractivity contribution in [3.63, 3.8) is 0 Å². The van der Waals surface area contributed by atoms with Crippen molar-refractivity contribution in [3.05, 3.63) is 41.8 Å². The predicted octanol–water partition coefficient (Wildman–Crippen LogP) is 1.81. The standard InChI is InChI=1S/C12H18N3/c1-10-5-4-7-11(9-10)6-2-3-8-15-12(13)14/h4-7,9H,2-3,8H2,1H3,(H4,13,14,15). The first-order valence-electron chi connectivity index (χ1n) is 5.16. The molecule has 0 aromatic heterocycles. The SMILES string of the molecule is Cc1cccc([CH]CCCNC(=N)N)c1. The van der Waals surface area contributed by atoms with Crippen LogP contribution in [0.3, 0.4) is 0 Å². The second-order valence-corrected chi connectivity index (χ2v) is 3.60. The summed E-state index contributed by atoms with van der Waals surface area (Å²) in [6.07, 6.45) is 4.20. The lowest BCUT2D eigenvalue weighted by atomic mass is 10.1. The molecule has 0 atom stereocenters. The van der Waals surface area contributed by atoms with E-state index in [0.717, 1.165) is 19.4 Å². The van der Waals surface area contributed by atoms with Gasteiger partial charge in [0.25, 0.3) is 0 Å². The van der Waals surface area contributed by atoms with Crippen LogP contribution in [0.5, 0.6) is 0 Å². The van der Waals surface area contributed by atoms with Crippen LogP contribution in [0.2, 0.25) is 0 Å². The molecule has 0 bridgehead atoms. The number of nitrogens with one attached hydrogen (secondary N) is 2. The van der Waals surface area contributed by atoms with E-state index < -0.39 is 0 Å². The highest BCUT2D eigenvalue weighted by Crippen LogP contribution is 2.09. The zero-order valence-electron chi connectivity index (χ0n) is 9.09. The highest BCUT2D eigenvalue weighted by molar-refractivity contribution is 5.74. The molecule has 1 aromatic carbocycles. The van der Waals surface area contributed by atoms with Gasteiger partial charge in [0.05, 0.1) is 0 Å². The van der Waals surface area contributed by atoms with Crippen LogP contribution >= 0.6 is 0 Å². The van der Waals surface area contributed by atoms with Crippen LogP contribution in [-0.4, -0.2) is 12.5 Å². The van der Waals surface area contributed by atoms with E-state index in [9.17, 15) is 0 Å². The van der Waals surface area contributed by atoms with Crippen LogP contribution in [0.15, 0.2) is 24.3 Å². The minimum atomic E-state index is 0.0468. The Balaban J connectivity index is 2.17. The minimum absolute atomic E-state index is 0.0468. The largest absolute Gasteiger partial charge is 0.370 e. The normalized spacial score (nSPS) is 9.93. The van der Waals surface area contributed by atoms with Gasteiger partial charge in [-0.15, -0.1) is 0 Å². The number of guanidine groups is 1. The number of rotatable bonds is 5. The summed E-state index contributed by atoms with van der Waals surface area (Å²) in [5, 5.41) is 9.76. The molecule has 0 aliphatic rings. The minimum Gasteiger partial charge on any atom is -0.370 e. The van der Waals surface area contributed by atoms with Crippen LogP contribution in [0.4, 0.5) is 0 Å². The van der Waals surface area contributed by atoms with Gasteiger partial charge in [0.2, 0.25) is 0 Å². The molecular weight excluding hydrogens is 186 g/mol. The van der Waals surface area contributed by atoms with Crippen molar-refractivity contribution in [2.24, 2.45) is 5.73 Å². The van der Waals surface area contributed by atoms with Gasteiger partial charge < -0.3 is 11.1 Å². The number of aryl methyl sites for hydroxylation is 1. The number of nitrogens with two attached hydrogens (primary N) is 1. The van der Waals surface area contributed by atoms with Gasteiger partial charge in [0.15, 0.2) is 5.96 Å². The highest BCUT2D eigenvalue weighted by Gasteiger charge is 1.94. The second kappa shape index (κ2) is 6.06. The zero-order valence-corrected chi connectivity index (χ0v) is 9.09. The number of benzene rings is 1. The molecule has 15 heavy (non-hydrogen) atoms. The van der Waals surface area contributed by atoms with E-state index in [1.807, 2.05) is 0 Å². The molecule has 0 fully saturated rings. The van der Waals surface area contributed by atoms with Crippen molar-refractivity contribution in [3.8, 4) is 0 Å². The molecule has 1 radical (unpaired) electrons. The molecular formula is C12H18N3. The molecule has 0 saturated carbocycles. The molecule has 0 spiro atoms. The first kappa shape index (κ1) is 11.6. The maximum Gasteiger partial charge on any atom is 0.185 e. The number of hydrogen-bond acceptors (Lipinski definition) is 1. The van der Waals surface area contributed by atoms with Gasteiger partial charge in [-0.25, -0.2) is 0 Å². The monoisotopic (exact) mass is 204 g/mol. The number of unbranched alkanes of at least 4 members (excludes halogenated alkanes) is 1. The summed E-state index contributed by atoms with van der Waals surface area (Å²) in [5.74, 6) is 0.0468. The summed E-state index contributed by atoms with van der Waals surface area (Å²) in [4.78, 5) is 0. The van der Waals surface area contributed by atoms with Gasteiger partial charge in [-0.1, -0.05) is 29.8 Å². The van der Waals surface area contributed by atoms with Gasteiger partial charge in [0.1, 0.15) is 0 Å². The summed E-state index contributed by atoms with van der Waals surface area (Å²) in [6.45, 7) is 2.85. The summed E-state index contributed by atoms with van der Waals surface area (Å²) >= 11 is 0. The smallest absolute Gasteiger partial charge is 0.185 e. The molecule has 3 heteroatoms. The fourth-order valence-corrected chi connectivity index (χ4v) is 1.39. The second-order valence-electron chi connectivity index (χ2n) is 3.60. The van der Waals surface area contributed by atoms with Crippen molar-refractivity contribution in [2.45, 2.75) is 19.8 Å².